The maximum absolute atomic E-state index is 12.7. The van der Waals surface area contributed by atoms with Gasteiger partial charge in [-0.25, -0.2) is 0 Å². The van der Waals surface area contributed by atoms with E-state index in [-0.39, 0.29) is 11.9 Å². The molecule has 20 heavy (non-hydrogen) atoms. The van der Waals surface area contributed by atoms with Crippen molar-refractivity contribution < 1.29 is 9.53 Å². The highest BCUT2D eigenvalue weighted by Crippen LogP contribution is 2.14. The molecule has 0 saturated heterocycles. The van der Waals surface area contributed by atoms with Crippen LogP contribution in [0.5, 0.6) is 0 Å². The van der Waals surface area contributed by atoms with Crippen molar-refractivity contribution in [2.45, 2.75) is 39.3 Å². The number of amides is 1. The Kier molecular flexibility index (Phi) is 7.26. The van der Waals surface area contributed by atoms with E-state index in [4.69, 9.17) is 10.5 Å². The zero-order valence-electron chi connectivity index (χ0n) is 12.8. The molecule has 0 aliphatic carbocycles. The van der Waals surface area contributed by atoms with E-state index in [1.54, 1.807) is 7.11 Å². The normalized spacial score (nSPS) is 10.8. The molecule has 0 unspecified atom stereocenters. The van der Waals surface area contributed by atoms with E-state index >= 15 is 0 Å². The van der Waals surface area contributed by atoms with E-state index in [0.29, 0.717) is 25.3 Å². The first-order valence-electron chi connectivity index (χ1n) is 7.26. The number of ether oxygens (including phenoxy) is 1. The first-order valence-corrected chi connectivity index (χ1v) is 7.26. The van der Waals surface area contributed by atoms with Gasteiger partial charge in [0.05, 0.1) is 6.61 Å². The molecular formula is C16H26N2O2. The first-order chi connectivity index (χ1) is 9.67. The van der Waals surface area contributed by atoms with Crippen LogP contribution >= 0.6 is 0 Å². The van der Waals surface area contributed by atoms with Crippen LogP contribution in [0, 0.1) is 0 Å². The van der Waals surface area contributed by atoms with Gasteiger partial charge in [0.25, 0.3) is 5.91 Å². The fourth-order valence-electron chi connectivity index (χ4n) is 2.37. The summed E-state index contributed by atoms with van der Waals surface area (Å²) in [6.45, 7) is 5.84. The molecule has 0 heterocycles. The Labute approximate surface area is 121 Å². The van der Waals surface area contributed by atoms with Crippen LogP contribution in [0.2, 0.25) is 0 Å². The molecule has 112 valence electrons. The highest BCUT2D eigenvalue weighted by Gasteiger charge is 2.22. The maximum Gasteiger partial charge on any atom is 0.254 e. The van der Waals surface area contributed by atoms with E-state index in [9.17, 15) is 4.79 Å². The zero-order valence-corrected chi connectivity index (χ0v) is 12.8. The Morgan fingerprint density at radius 1 is 1.35 bits per heavy atom. The molecule has 0 spiro atoms. The van der Waals surface area contributed by atoms with E-state index in [1.807, 2.05) is 29.2 Å². The molecule has 4 nitrogen and oxygen atoms in total. The third-order valence-electron chi connectivity index (χ3n) is 3.59. The smallest absolute Gasteiger partial charge is 0.254 e. The lowest BCUT2D eigenvalue weighted by atomic mass is 10.1. The zero-order chi connectivity index (χ0) is 15.0. The second-order valence-corrected chi connectivity index (χ2v) is 4.87. The molecule has 0 aliphatic rings. The van der Waals surface area contributed by atoms with Gasteiger partial charge in [-0.3, -0.25) is 4.79 Å². The minimum Gasteiger partial charge on any atom is -0.383 e. The number of hydrogen-bond donors (Lipinski definition) is 1. The third-order valence-corrected chi connectivity index (χ3v) is 3.59. The lowest BCUT2D eigenvalue weighted by molar-refractivity contribution is 0.0589. The van der Waals surface area contributed by atoms with Crippen molar-refractivity contribution in [3.8, 4) is 0 Å². The Morgan fingerprint density at radius 2 is 2.05 bits per heavy atom. The van der Waals surface area contributed by atoms with Crippen molar-refractivity contribution in [1.29, 1.82) is 0 Å². The Bertz CT molecular complexity index is 417. The number of nitrogens with two attached hydrogens (primary N) is 1. The largest absolute Gasteiger partial charge is 0.383 e. The molecule has 1 aromatic carbocycles. The number of methoxy groups -OCH3 is 1. The SMILES string of the molecule is CCC(CC)N(CCOC)C(=O)c1cccc(CN)c1. The molecule has 2 N–H and O–H groups in total. The van der Waals surface area contributed by atoms with Gasteiger partial charge in [-0.2, -0.15) is 0 Å². The van der Waals surface area contributed by atoms with Gasteiger partial charge in [0.15, 0.2) is 0 Å². The predicted octanol–water partition coefficient (Wildman–Crippen LogP) is 2.42. The summed E-state index contributed by atoms with van der Waals surface area (Å²) in [5, 5.41) is 0. The summed E-state index contributed by atoms with van der Waals surface area (Å²) in [5.74, 6) is 0.0612. The lowest BCUT2D eigenvalue weighted by Gasteiger charge is -2.30. The van der Waals surface area contributed by atoms with E-state index < -0.39 is 0 Å². The first kappa shape index (κ1) is 16.7. The van der Waals surface area contributed by atoms with Crippen molar-refractivity contribution in [3.63, 3.8) is 0 Å². The monoisotopic (exact) mass is 278 g/mol. The molecule has 0 saturated carbocycles. The van der Waals surface area contributed by atoms with Gasteiger partial charge >= 0.3 is 0 Å². The van der Waals surface area contributed by atoms with Gasteiger partial charge in [0.1, 0.15) is 0 Å². The van der Waals surface area contributed by atoms with Gasteiger partial charge in [0, 0.05) is 31.8 Å². The summed E-state index contributed by atoms with van der Waals surface area (Å²) < 4.78 is 5.13. The van der Waals surface area contributed by atoms with Crippen molar-refractivity contribution in [3.05, 3.63) is 35.4 Å². The average Bonchev–Trinajstić information content (AvgIpc) is 2.50. The van der Waals surface area contributed by atoms with Gasteiger partial charge < -0.3 is 15.4 Å². The summed E-state index contributed by atoms with van der Waals surface area (Å²) in [5.41, 5.74) is 7.33. The molecule has 1 aromatic rings. The molecule has 0 bridgehead atoms. The number of hydrogen-bond acceptors (Lipinski definition) is 3. The standard InChI is InChI=1S/C16H26N2O2/c1-4-15(5-2)18(9-10-20-3)16(19)14-8-6-7-13(11-14)12-17/h6-8,11,15H,4-5,9-10,12,17H2,1-3H3. The highest BCUT2D eigenvalue weighted by molar-refractivity contribution is 5.94. The predicted molar refractivity (Wildman–Crippen MR) is 81.6 cm³/mol. The van der Waals surface area contributed by atoms with Crippen LogP contribution < -0.4 is 5.73 Å². The number of carbonyl (C=O) groups excluding carboxylic acids is 1. The van der Waals surface area contributed by atoms with E-state index in [0.717, 1.165) is 18.4 Å². The maximum atomic E-state index is 12.7. The molecule has 4 heteroatoms. The summed E-state index contributed by atoms with van der Waals surface area (Å²) in [6.07, 6.45) is 1.89. The Balaban J connectivity index is 2.95. The second-order valence-electron chi connectivity index (χ2n) is 4.87. The van der Waals surface area contributed by atoms with Crippen molar-refractivity contribution >= 4 is 5.91 Å². The minimum absolute atomic E-state index is 0.0612. The third kappa shape index (κ3) is 4.32. The van der Waals surface area contributed by atoms with E-state index in [1.165, 1.54) is 0 Å². The minimum atomic E-state index is 0.0612. The van der Waals surface area contributed by atoms with Crippen LogP contribution in [0.4, 0.5) is 0 Å². The summed E-state index contributed by atoms with van der Waals surface area (Å²) in [4.78, 5) is 14.6. The van der Waals surface area contributed by atoms with Crippen molar-refractivity contribution in [1.82, 2.24) is 4.90 Å². The topological polar surface area (TPSA) is 55.6 Å². The van der Waals surface area contributed by atoms with Crippen molar-refractivity contribution in [2.75, 3.05) is 20.3 Å². The van der Waals surface area contributed by atoms with Gasteiger partial charge in [0.2, 0.25) is 0 Å². The van der Waals surface area contributed by atoms with Gasteiger partial charge in [-0.1, -0.05) is 26.0 Å². The molecule has 0 radical (unpaired) electrons. The molecular weight excluding hydrogens is 252 g/mol. The molecule has 0 fully saturated rings. The van der Waals surface area contributed by atoms with Crippen LogP contribution in [0.3, 0.4) is 0 Å². The van der Waals surface area contributed by atoms with Crippen LogP contribution in [0.1, 0.15) is 42.6 Å². The molecule has 1 rings (SSSR count). The fraction of sp³-hybridized carbons (Fsp3) is 0.562. The second kappa shape index (κ2) is 8.72. The summed E-state index contributed by atoms with van der Waals surface area (Å²) in [6, 6.07) is 7.80. The number of rotatable bonds is 8. The van der Waals surface area contributed by atoms with Crippen LogP contribution in [-0.2, 0) is 11.3 Å². The van der Waals surface area contributed by atoms with Crippen LogP contribution in [0.15, 0.2) is 24.3 Å². The van der Waals surface area contributed by atoms with Crippen LogP contribution in [0.25, 0.3) is 0 Å². The molecule has 0 atom stereocenters. The van der Waals surface area contributed by atoms with Crippen LogP contribution in [-0.4, -0.2) is 37.1 Å². The summed E-state index contributed by atoms with van der Waals surface area (Å²) in [7, 11) is 1.66. The molecule has 0 aliphatic heterocycles. The highest BCUT2D eigenvalue weighted by atomic mass is 16.5. The lowest BCUT2D eigenvalue weighted by Crippen LogP contribution is -2.41. The Hall–Kier alpha value is -1.39. The fourth-order valence-corrected chi connectivity index (χ4v) is 2.37. The summed E-state index contributed by atoms with van der Waals surface area (Å²) >= 11 is 0. The van der Waals surface area contributed by atoms with Gasteiger partial charge in [-0.15, -0.1) is 0 Å². The van der Waals surface area contributed by atoms with Gasteiger partial charge in [-0.05, 0) is 30.5 Å². The quantitative estimate of drug-likeness (QED) is 0.794. The molecule has 0 aromatic heterocycles. The molecule has 1 amide bonds. The van der Waals surface area contributed by atoms with Crippen molar-refractivity contribution in [2.24, 2.45) is 5.73 Å². The average molecular weight is 278 g/mol. The number of benzene rings is 1. The Morgan fingerprint density at radius 3 is 2.60 bits per heavy atom. The number of nitrogens with zero attached hydrogens (tertiary/aromatic N) is 1. The van der Waals surface area contributed by atoms with E-state index in [2.05, 4.69) is 13.8 Å². The number of carbonyl (C=O) groups is 1.